The number of carbonyl (C=O) groups is 1. The van der Waals surface area contributed by atoms with Gasteiger partial charge in [-0.1, -0.05) is 18.3 Å². The molecule has 1 saturated heterocycles. The first-order valence-electron chi connectivity index (χ1n) is 5.66. The van der Waals surface area contributed by atoms with Crippen molar-refractivity contribution in [2.75, 3.05) is 13.1 Å². The van der Waals surface area contributed by atoms with E-state index in [1.54, 1.807) is 4.90 Å². The number of piperidine rings is 1. The van der Waals surface area contributed by atoms with E-state index in [2.05, 4.69) is 0 Å². The van der Waals surface area contributed by atoms with Crippen LogP contribution in [0.2, 0.25) is 0 Å². The molecule has 2 heterocycles. The predicted octanol–water partition coefficient (Wildman–Crippen LogP) is 2.75. The molecule has 1 fully saturated rings. The number of thiophene rings is 1. The normalized spacial score (nSPS) is 24.0. The number of hydrogen-bond acceptors (Lipinski definition) is 4. The van der Waals surface area contributed by atoms with Crippen LogP contribution in [-0.2, 0) is 0 Å². The van der Waals surface area contributed by atoms with Gasteiger partial charge in [0.15, 0.2) is 0 Å². The van der Waals surface area contributed by atoms with Crippen LogP contribution >= 0.6 is 22.9 Å². The van der Waals surface area contributed by atoms with Gasteiger partial charge in [0.2, 0.25) is 0 Å². The fraction of sp³-hybridized carbons (Fsp3) is 0.545. The standard InChI is InChI=1S/C11H13ClN2O3S/c1-7-6-13(5-4-8(7)12)11(15)9-2-3-10(18-9)14(16)17/h2-3,7-8H,4-6H2,1H3. The topological polar surface area (TPSA) is 63.5 Å². The van der Waals surface area contributed by atoms with Gasteiger partial charge in [-0.25, -0.2) is 0 Å². The van der Waals surface area contributed by atoms with Crippen LogP contribution in [0, 0.1) is 16.0 Å². The lowest BCUT2D eigenvalue weighted by molar-refractivity contribution is -0.380. The van der Waals surface area contributed by atoms with Crippen molar-refractivity contribution >= 4 is 33.8 Å². The molecule has 0 aliphatic carbocycles. The van der Waals surface area contributed by atoms with E-state index in [1.165, 1.54) is 12.1 Å². The molecule has 0 saturated carbocycles. The second-order valence-electron chi connectivity index (χ2n) is 4.43. The lowest BCUT2D eigenvalue weighted by Gasteiger charge is -2.33. The van der Waals surface area contributed by atoms with Crippen molar-refractivity contribution in [2.24, 2.45) is 5.92 Å². The van der Waals surface area contributed by atoms with Gasteiger partial charge >= 0.3 is 5.00 Å². The minimum Gasteiger partial charge on any atom is -0.338 e. The van der Waals surface area contributed by atoms with E-state index in [9.17, 15) is 14.9 Å². The van der Waals surface area contributed by atoms with Crippen molar-refractivity contribution in [3.8, 4) is 0 Å². The van der Waals surface area contributed by atoms with Gasteiger partial charge in [0.25, 0.3) is 5.91 Å². The summed E-state index contributed by atoms with van der Waals surface area (Å²) in [5, 5.41) is 10.7. The van der Waals surface area contributed by atoms with Crippen molar-refractivity contribution in [1.82, 2.24) is 4.90 Å². The smallest absolute Gasteiger partial charge is 0.324 e. The summed E-state index contributed by atoms with van der Waals surface area (Å²) in [5.41, 5.74) is 0. The molecule has 98 valence electrons. The number of nitro groups is 1. The molecule has 1 aliphatic rings. The van der Waals surface area contributed by atoms with Gasteiger partial charge in [-0.3, -0.25) is 14.9 Å². The molecule has 5 nitrogen and oxygen atoms in total. The van der Waals surface area contributed by atoms with E-state index >= 15 is 0 Å². The van der Waals surface area contributed by atoms with Gasteiger partial charge in [0.05, 0.1) is 9.80 Å². The molecule has 0 radical (unpaired) electrons. The molecule has 1 aromatic heterocycles. The summed E-state index contributed by atoms with van der Waals surface area (Å²) in [6.07, 6.45) is 0.766. The Morgan fingerprint density at radius 3 is 2.89 bits per heavy atom. The lowest BCUT2D eigenvalue weighted by atomic mass is 9.99. The number of amides is 1. The van der Waals surface area contributed by atoms with Crippen LogP contribution in [0.5, 0.6) is 0 Å². The molecule has 0 aromatic carbocycles. The summed E-state index contributed by atoms with van der Waals surface area (Å²) in [5.74, 6) is 0.114. The fourth-order valence-electron chi connectivity index (χ4n) is 2.00. The first kappa shape index (κ1) is 13.3. The average Bonchev–Trinajstić information content (AvgIpc) is 2.81. The highest BCUT2D eigenvalue weighted by molar-refractivity contribution is 7.17. The Balaban J connectivity index is 2.09. The molecule has 2 atom stereocenters. The third-order valence-corrected chi connectivity index (χ3v) is 4.74. The highest BCUT2D eigenvalue weighted by Gasteiger charge is 2.29. The molecule has 1 aliphatic heterocycles. The van der Waals surface area contributed by atoms with E-state index < -0.39 is 4.92 Å². The molecule has 0 bridgehead atoms. The summed E-state index contributed by atoms with van der Waals surface area (Å²) in [6, 6.07) is 2.89. The monoisotopic (exact) mass is 288 g/mol. The van der Waals surface area contributed by atoms with Crippen molar-refractivity contribution in [3.05, 3.63) is 27.1 Å². The highest BCUT2D eigenvalue weighted by Crippen LogP contribution is 2.28. The fourth-order valence-corrected chi connectivity index (χ4v) is 2.96. The number of carbonyl (C=O) groups excluding carboxylic acids is 1. The second kappa shape index (κ2) is 5.24. The van der Waals surface area contributed by atoms with Gasteiger partial charge in [0, 0.05) is 24.5 Å². The molecule has 2 unspecified atom stereocenters. The SMILES string of the molecule is CC1CN(C(=O)c2ccc([N+](=O)[O-])s2)CCC1Cl. The van der Waals surface area contributed by atoms with Crippen LogP contribution < -0.4 is 0 Å². The average molecular weight is 289 g/mol. The zero-order valence-electron chi connectivity index (χ0n) is 9.84. The third kappa shape index (κ3) is 2.64. The van der Waals surface area contributed by atoms with Crippen molar-refractivity contribution < 1.29 is 9.72 Å². The summed E-state index contributed by atoms with van der Waals surface area (Å²) >= 11 is 7.03. The molecular formula is C11H13ClN2O3S. The van der Waals surface area contributed by atoms with E-state index in [1.807, 2.05) is 6.92 Å². The largest absolute Gasteiger partial charge is 0.338 e. The van der Waals surface area contributed by atoms with Crippen LogP contribution in [0.15, 0.2) is 12.1 Å². The molecule has 2 rings (SSSR count). The Morgan fingerprint density at radius 2 is 2.33 bits per heavy atom. The number of alkyl halides is 1. The van der Waals surface area contributed by atoms with Gasteiger partial charge in [-0.2, -0.15) is 0 Å². The lowest BCUT2D eigenvalue weighted by Crippen LogP contribution is -2.43. The van der Waals surface area contributed by atoms with Crippen LogP contribution in [-0.4, -0.2) is 34.2 Å². The van der Waals surface area contributed by atoms with Crippen LogP contribution in [0.4, 0.5) is 5.00 Å². The van der Waals surface area contributed by atoms with E-state index in [0.29, 0.717) is 18.0 Å². The molecule has 7 heteroatoms. The van der Waals surface area contributed by atoms with Crippen molar-refractivity contribution in [3.63, 3.8) is 0 Å². The Hall–Kier alpha value is -1.14. The Kier molecular flexibility index (Phi) is 3.87. The van der Waals surface area contributed by atoms with Gasteiger partial charge in [0.1, 0.15) is 0 Å². The number of rotatable bonds is 2. The first-order valence-corrected chi connectivity index (χ1v) is 6.92. The maximum absolute atomic E-state index is 12.2. The quantitative estimate of drug-likeness (QED) is 0.477. The zero-order chi connectivity index (χ0) is 13.3. The minimum atomic E-state index is -0.477. The van der Waals surface area contributed by atoms with E-state index in [4.69, 9.17) is 11.6 Å². The second-order valence-corrected chi connectivity index (χ2v) is 6.05. The molecule has 1 amide bonds. The van der Waals surface area contributed by atoms with Crippen molar-refractivity contribution in [1.29, 1.82) is 0 Å². The maximum Gasteiger partial charge on any atom is 0.324 e. The summed E-state index contributed by atoms with van der Waals surface area (Å²) in [7, 11) is 0. The van der Waals surface area contributed by atoms with Crippen LogP contribution in [0.25, 0.3) is 0 Å². The summed E-state index contributed by atoms with van der Waals surface area (Å²) in [6.45, 7) is 3.23. The van der Waals surface area contributed by atoms with E-state index in [0.717, 1.165) is 17.8 Å². The number of hydrogen-bond donors (Lipinski definition) is 0. The maximum atomic E-state index is 12.2. The first-order chi connectivity index (χ1) is 8.49. The summed E-state index contributed by atoms with van der Waals surface area (Å²) in [4.78, 5) is 24.4. The predicted molar refractivity (Wildman–Crippen MR) is 70.3 cm³/mol. The molecule has 0 N–H and O–H groups in total. The van der Waals surface area contributed by atoms with Crippen LogP contribution in [0.1, 0.15) is 23.0 Å². The van der Waals surface area contributed by atoms with Crippen molar-refractivity contribution in [2.45, 2.75) is 18.7 Å². The van der Waals surface area contributed by atoms with E-state index in [-0.39, 0.29) is 22.2 Å². The van der Waals surface area contributed by atoms with Gasteiger partial charge < -0.3 is 4.90 Å². The number of nitrogens with zero attached hydrogens (tertiary/aromatic N) is 2. The molecule has 0 spiro atoms. The van der Waals surface area contributed by atoms with Gasteiger partial charge in [-0.15, -0.1) is 11.6 Å². The summed E-state index contributed by atoms with van der Waals surface area (Å²) < 4.78 is 0. The van der Waals surface area contributed by atoms with Gasteiger partial charge in [-0.05, 0) is 18.4 Å². The molecule has 1 aromatic rings. The molecule has 18 heavy (non-hydrogen) atoms. The zero-order valence-corrected chi connectivity index (χ0v) is 11.4. The minimum absolute atomic E-state index is 0.00127. The highest BCUT2D eigenvalue weighted by atomic mass is 35.5. The number of halogens is 1. The number of likely N-dealkylation sites (tertiary alicyclic amines) is 1. The Morgan fingerprint density at radius 1 is 1.61 bits per heavy atom. The molecular weight excluding hydrogens is 276 g/mol. The van der Waals surface area contributed by atoms with Crippen LogP contribution in [0.3, 0.4) is 0 Å². The Bertz CT molecular complexity index is 477. The third-order valence-electron chi connectivity index (χ3n) is 3.07. The Labute approximate surface area is 113 Å².